The Morgan fingerprint density at radius 3 is 2.93 bits per heavy atom. The highest BCUT2D eigenvalue weighted by molar-refractivity contribution is 5.88. The second-order valence-electron chi connectivity index (χ2n) is 3.47. The molecule has 0 aliphatic carbocycles. The Kier molecular flexibility index (Phi) is 4.40. The Labute approximate surface area is 85.5 Å². The van der Waals surface area contributed by atoms with Gasteiger partial charge in [-0.3, -0.25) is 4.79 Å². The zero-order chi connectivity index (χ0) is 10.4. The van der Waals surface area contributed by atoms with Crippen molar-refractivity contribution < 1.29 is 4.79 Å². The molecular weight excluding hydrogens is 176 g/mol. The minimum atomic E-state index is 0.108. The van der Waals surface area contributed by atoms with E-state index in [0.29, 0.717) is 6.04 Å². The maximum atomic E-state index is 11.7. The first-order chi connectivity index (χ1) is 6.75. The molecule has 1 saturated heterocycles. The number of piperazine rings is 1. The smallest absolute Gasteiger partial charge is 0.246 e. The summed E-state index contributed by atoms with van der Waals surface area (Å²) in [6, 6.07) is 0.298. The summed E-state index contributed by atoms with van der Waals surface area (Å²) in [7, 11) is 0. The van der Waals surface area contributed by atoms with Gasteiger partial charge in [0.2, 0.25) is 5.91 Å². The number of carbonyl (C=O) groups excluding carboxylic acids is 1. The van der Waals surface area contributed by atoms with Crippen LogP contribution in [0.1, 0.15) is 13.8 Å². The van der Waals surface area contributed by atoms with Crippen LogP contribution in [-0.4, -0.2) is 36.5 Å². The van der Waals surface area contributed by atoms with E-state index < -0.39 is 0 Å². The van der Waals surface area contributed by atoms with Crippen molar-refractivity contribution in [2.24, 2.45) is 0 Å². The quantitative estimate of drug-likeness (QED) is 0.524. The largest absolute Gasteiger partial charge is 0.334 e. The van der Waals surface area contributed by atoms with Gasteiger partial charge in [0.1, 0.15) is 0 Å². The van der Waals surface area contributed by atoms with Crippen molar-refractivity contribution in [1.29, 1.82) is 0 Å². The lowest BCUT2D eigenvalue weighted by molar-refractivity contribution is -0.128. The van der Waals surface area contributed by atoms with Gasteiger partial charge in [-0.1, -0.05) is 18.2 Å². The van der Waals surface area contributed by atoms with Crippen LogP contribution in [0.4, 0.5) is 0 Å². The van der Waals surface area contributed by atoms with Gasteiger partial charge in [-0.05, 0) is 13.8 Å². The molecule has 0 radical (unpaired) electrons. The van der Waals surface area contributed by atoms with Crippen molar-refractivity contribution in [3.05, 3.63) is 24.3 Å². The first-order valence-electron chi connectivity index (χ1n) is 5.06. The van der Waals surface area contributed by atoms with E-state index in [4.69, 9.17) is 0 Å². The lowest BCUT2D eigenvalue weighted by atomic mass is 10.2. The van der Waals surface area contributed by atoms with Crippen LogP contribution in [0.15, 0.2) is 24.3 Å². The van der Waals surface area contributed by atoms with Gasteiger partial charge in [-0.15, -0.1) is 0 Å². The van der Waals surface area contributed by atoms with Crippen LogP contribution >= 0.6 is 0 Å². The predicted octanol–water partition coefficient (Wildman–Crippen LogP) is 0.939. The summed E-state index contributed by atoms with van der Waals surface area (Å²) in [6.07, 6.45) is 7.19. The highest BCUT2D eigenvalue weighted by Gasteiger charge is 2.20. The molecule has 0 aromatic carbocycles. The number of rotatable bonds is 2. The fraction of sp³-hybridized carbons (Fsp3) is 0.545. The Hall–Kier alpha value is -1.09. The molecule has 1 heterocycles. The van der Waals surface area contributed by atoms with E-state index in [9.17, 15) is 4.79 Å². The van der Waals surface area contributed by atoms with Gasteiger partial charge < -0.3 is 10.2 Å². The Balaban J connectivity index is 2.50. The monoisotopic (exact) mass is 194 g/mol. The van der Waals surface area contributed by atoms with Crippen LogP contribution in [0.3, 0.4) is 0 Å². The molecule has 0 aromatic heterocycles. The molecule has 0 unspecified atom stereocenters. The maximum Gasteiger partial charge on any atom is 0.246 e. The van der Waals surface area contributed by atoms with E-state index in [1.165, 1.54) is 0 Å². The summed E-state index contributed by atoms with van der Waals surface area (Å²) in [4.78, 5) is 13.6. The zero-order valence-corrected chi connectivity index (χ0v) is 8.86. The van der Waals surface area contributed by atoms with Crippen LogP contribution in [0.2, 0.25) is 0 Å². The zero-order valence-electron chi connectivity index (χ0n) is 8.86. The first-order valence-corrected chi connectivity index (χ1v) is 5.06. The lowest BCUT2D eigenvalue weighted by Gasteiger charge is -2.33. The molecule has 0 bridgehead atoms. The van der Waals surface area contributed by atoms with Crippen LogP contribution in [-0.2, 0) is 4.79 Å². The first kappa shape index (κ1) is 11.0. The number of nitrogens with one attached hydrogen (secondary N) is 1. The molecular formula is C11H18N2O. The van der Waals surface area contributed by atoms with Gasteiger partial charge in [0.05, 0.1) is 0 Å². The average Bonchev–Trinajstić information content (AvgIpc) is 2.18. The number of carbonyl (C=O) groups is 1. The van der Waals surface area contributed by atoms with Crippen molar-refractivity contribution in [3.8, 4) is 0 Å². The third-order valence-corrected chi connectivity index (χ3v) is 2.33. The van der Waals surface area contributed by atoms with Gasteiger partial charge in [-0.2, -0.15) is 0 Å². The number of amides is 1. The Morgan fingerprint density at radius 2 is 2.29 bits per heavy atom. The highest BCUT2D eigenvalue weighted by atomic mass is 16.2. The summed E-state index contributed by atoms with van der Waals surface area (Å²) >= 11 is 0. The number of allylic oxidation sites excluding steroid dienone is 3. The standard InChI is InChI=1S/C11H18N2O/c1-3-4-5-6-11(14)13-8-7-12-9-10(13)2/h3-6,10,12H,7-9H2,1-2H3/b4-3+,6-5?/t10-/m0/s1. The Bertz CT molecular complexity index is 246. The van der Waals surface area contributed by atoms with E-state index >= 15 is 0 Å². The van der Waals surface area contributed by atoms with Gasteiger partial charge >= 0.3 is 0 Å². The fourth-order valence-electron chi connectivity index (χ4n) is 1.51. The van der Waals surface area contributed by atoms with Crippen molar-refractivity contribution >= 4 is 5.91 Å². The number of hydrogen-bond acceptors (Lipinski definition) is 2. The number of nitrogens with zero attached hydrogens (tertiary/aromatic N) is 1. The van der Waals surface area contributed by atoms with Gasteiger partial charge in [0.25, 0.3) is 0 Å². The SMILES string of the molecule is C/C=C/C=CC(=O)N1CCNC[C@@H]1C. The van der Waals surface area contributed by atoms with Gasteiger partial charge in [-0.25, -0.2) is 0 Å². The molecule has 0 spiro atoms. The lowest BCUT2D eigenvalue weighted by Crippen LogP contribution is -2.51. The normalized spacial score (nSPS) is 23.6. The molecule has 0 aromatic rings. The van der Waals surface area contributed by atoms with E-state index in [2.05, 4.69) is 12.2 Å². The van der Waals surface area contributed by atoms with Crippen molar-refractivity contribution in [3.63, 3.8) is 0 Å². The van der Waals surface area contributed by atoms with E-state index in [-0.39, 0.29) is 5.91 Å². The third kappa shape index (κ3) is 3.00. The summed E-state index contributed by atoms with van der Waals surface area (Å²) < 4.78 is 0. The van der Waals surface area contributed by atoms with Gasteiger partial charge in [0, 0.05) is 31.8 Å². The summed E-state index contributed by atoms with van der Waals surface area (Å²) in [5.41, 5.74) is 0. The number of hydrogen-bond donors (Lipinski definition) is 1. The molecule has 1 amide bonds. The second-order valence-corrected chi connectivity index (χ2v) is 3.47. The minimum Gasteiger partial charge on any atom is -0.334 e. The van der Waals surface area contributed by atoms with Crippen LogP contribution in [0, 0.1) is 0 Å². The van der Waals surface area contributed by atoms with E-state index in [1.54, 1.807) is 12.2 Å². The van der Waals surface area contributed by atoms with Crippen LogP contribution in [0.5, 0.6) is 0 Å². The second kappa shape index (κ2) is 5.60. The fourth-order valence-corrected chi connectivity index (χ4v) is 1.51. The average molecular weight is 194 g/mol. The van der Waals surface area contributed by atoms with Crippen molar-refractivity contribution in [2.45, 2.75) is 19.9 Å². The molecule has 78 valence electrons. The van der Waals surface area contributed by atoms with Crippen molar-refractivity contribution in [2.75, 3.05) is 19.6 Å². The molecule has 3 heteroatoms. The molecule has 1 fully saturated rings. The van der Waals surface area contributed by atoms with Crippen molar-refractivity contribution in [1.82, 2.24) is 10.2 Å². The molecule has 1 atom stereocenters. The molecule has 0 saturated carbocycles. The molecule has 1 aliphatic heterocycles. The van der Waals surface area contributed by atoms with Crippen LogP contribution in [0.25, 0.3) is 0 Å². The molecule has 1 aliphatic rings. The third-order valence-electron chi connectivity index (χ3n) is 2.33. The van der Waals surface area contributed by atoms with Gasteiger partial charge in [0.15, 0.2) is 0 Å². The Morgan fingerprint density at radius 1 is 1.50 bits per heavy atom. The minimum absolute atomic E-state index is 0.108. The molecule has 3 nitrogen and oxygen atoms in total. The topological polar surface area (TPSA) is 32.3 Å². The van der Waals surface area contributed by atoms with E-state index in [1.807, 2.05) is 24.0 Å². The molecule has 1 N–H and O–H groups in total. The molecule has 14 heavy (non-hydrogen) atoms. The summed E-state index contributed by atoms with van der Waals surface area (Å²) in [5, 5.41) is 3.25. The van der Waals surface area contributed by atoms with Crippen LogP contribution < -0.4 is 5.32 Å². The summed E-state index contributed by atoms with van der Waals surface area (Å²) in [6.45, 7) is 6.59. The summed E-state index contributed by atoms with van der Waals surface area (Å²) in [5.74, 6) is 0.108. The maximum absolute atomic E-state index is 11.7. The predicted molar refractivity (Wildman–Crippen MR) is 58.0 cm³/mol. The molecule has 1 rings (SSSR count). The van der Waals surface area contributed by atoms with E-state index in [0.717, 1.165) is 19.6 Å². The highest BCUT2D eigenvalue weighted by Crippen LogP contribution is 2.03.